The molecular weight excluding hydrogens is 434 g/mol. The van der Waals surface area contributed by atoms with E-state index in [9.17, 15) is 14.7 Å². The molecule has 27 heavy (non-hydrogen) atoms. The molecule has 140 valence electrons. The first-order valence-corrected chi connectivity index (χ1v) is 9.41. The van der Waals surface area contributed by atoms with Crippen LogP contribution in [0.4, 0.5) is 5.69 Å². The summed E-state index contributed by atoms with van der Waals surface area (Å²) in [6.07, 6.45) is 0. The number of aliphatic imine (C=N–C) groups is 1. The third-order valence-corrected chi connectivity index (χ3v) is 5.19. The zero-order valence-electron chi connectivity index (χ0n) is 14.2. The van der Waals surface area contributed by atoms with Gasteiger partial charge in [-0.3, -0.25) is 14.6 Å². The number of halogens is 2. The molecule has 0 radical (unpaired) electrons. The van der Waals surface area contributed by atoms with Crippen molar-refractivity contribution in [3.8, 4) is 0 Å². The lowest BCUT2D eigenvalue weighted by Gasteiger charge is -2.25. The van der Waals surface area contributed by atoms with Crippen LogP contribution in [-0.2, 0) is 9.59 Å². The van der Waals surface area contributed by atoms with Crippen molar-refractivity contribution < 1.29 is 14.7 Å². The first-order valence-electron chi connectivity index (χ1n) is 8.24. The molecule has 2 unspecified atom stereocenters. The summed E-state index contributed by atoms with van der Waals surface area (Å²) in [5.74, 6) is -2.62. The number of ketones is 1. The van der Waals surface area contributed by atoms with Crippen LogP contribution in [0, 0.1) is 5.92 Å². The Kier molecular flexibility index (Phi) is 5.94. The van der Waals surface area contributed by atoms with Gasteiger partial charge in [0.25, 0.3) is 0 Å². The first-order chi connectivity index (χ1) is 12.9. The van der Waals surface area contributed by atoms with Gasteiger partial charge in [-0.2, -0.15) is 0 Å². The van der Waals surface area contributed by atoms with Gasteiger partial charge in [0.2, 0.25) is 0 Å². The van der Waals surface area contributed by atoms with Gasteiger partial charge in [0.05, 0.1) is 18.2 Å². The third kappa shape index (κ3) is 4.05. The molecule has 2 aromatic rings. The number of aliphatic carboxylic acids is 1. The molecule has 2 aromatic carbocycles. The first kappa shape index (κ1) is 19.5. The molecule has 1 aliphatic heterocycles. The molecular formula is C19H17BrClN3O3. The van der Waals surface area contributed by atoms with E-state index in [0.29, 0.717) is 22.0 Å². The summed E-state index contributed by atoms with van der Waals surface area (Å²) in [5, 5.41) is 13.0. The van der Waals surface area contributed by atoms with Crippen molar-refractivity contribution in [2.75, 3.05) is 18.4 Å². The molecule has 0 saturated heterocycles. The zero-order valence-corrected chi connectivity index (χ0v) is 16.5. The molecule has 0 bridgehead atoms. The van der Waals surface area contributed by atoms with Gasteiger partial charge >= 0.3 is 5.97 Å². The van der Waals surface area contributed by atoms with E-state index in [2.05, 4.69) is 26.2 Å². The maximum Gasteiger partial charge on any atom is 0.310 e. The molecule has 0 aliphatic carbocycles. The summed E-state index contributed by atoms with van der Waals surface area (Å²) in [6.45, 7) is -0.237. The number of carboxylic acids is 1. The van der Waals surface area contributed by atoms with Gasteiger partial charge in [0.1, 0.15) is 6.04 Å². The van der Waals surface area contributed by atoms with E-state index in [-0.39, 0.29) is 18.9 Å². The minimum atomic E-state index is -1.16. The fourth-order valence-electron chi connectivity index (χ4n) is 2.98. The molecule has 1 heterocycles. The molecule has 8 heteroatoms. The molecule has 0 saturated carbocycles. The van der Waals surface area contributed by atoms with E-state index in [1.165, 1.54) is 0 Å². The van der Waals surface area contributed by atoms with Crippen molar-refractivity contribution in [1.82, 2.24) is 0 Å². The van der Waals surface area contributed by atoms with Crippen molar-refractivity contribution >= 4 is 50.7 Å². The van der Waals surface area contributed by atoms with Crippen molar-refractivity contribution in [1.29, 1.82) is 0 Å². The Morgan fingerprint density at radius 3 is 2.74 bits per heavy atom. The molecule has 6 nitrogen and oxygen atoms in total. The topological polar surface area (TPSA) is 105 Å². The van der Waals surface area contributed by atoms with Gasteiger partial charge < -0.3 is 16.2 Å². The maximum atomic E-state index is 12.7. The predicted molar refractivity (Wildman–Crippen MR) is 109 cm³/mol. The number of carboxylic acid groups (broad SMARTS) is 1. The second-order valence-electron chi connectivity index (χ2n) is 6.09. The van der Waals surface area contributed by atoms with Gasteiger partial charge in [0.15, 0.2) is 5.78 Å². The normalized spacial score (nSPS) is 17.8. The van der Waals surface area contributed by atoms with E-state index in [1.807, 2.05) is 24.3 Å². The summed E-state index contributed by atoms with van der Waals surface area (Å²) >= 11 is 9.83. The zero-order chi connectivity index (χ0) is 19.6. The minimum Gasteiger partial charge on any atom is -0.481 e. The van der Waals surface area contributed by atoms with Gasteiger partial charge in [-0.15, -0.1) is 0 Å². The highest BCUT2D eigenvalue weighted by molar-refractivity contribution is 9.10. The Balaban J connectivity index is 2.28. The van der Waals surface area contributed by atoms with Crippen molar-refractivity contribution in [3.05, 3.63) is 63.1 Å². The van der Waals surface area contributed by atoms with Crippen LogP contribution in [-0.4, -0.2) is 41.7 Å². The number of rotatable bonds is 4. The Morgan fingerprint density at radius 2 is 2.07 bits per heavy atom. The van der Waals surface area contributed by atoms with E-state index in [4.69, 9.17) is 17.3 Å². The molecule has 2 atom stereocenters. The lowest BCUT2D eigenvalue weighted by atomic mass is 9.93. The van der Waals surface area contributed by atoms with Crippen molar-refractivity contribution in [2.45, 2.75) is 6.04 Å². The molecule has 1 aliphatic rings. The molecule has 0 aromatic heterocycles. The number of carbonyl (C=O) groups excluding carboxylic acids is 1. The molecule has 0 spiro atoms. The molecule has 4 N–H and O–H groups in total. The monoisotopic (exact) mass is 449 g/mol. The fourth-order valence-corrected chi connectivity index (χ4v) is 3.57. The van der Waals surface area contributed by atoms with Crippen LogP contribution < -0.4 is 11.1 Å². The number of hydrogen-bond acceptors (Lipinski definition) is 5. The van der Waals surface area contributed by atoms with E-state index < -0.39 is 17.9 Å². The number of anilines is 1. The number of nitrogens with one attached hydrogen (secondary N) is 1. The molecule has 3 rings (SSSR count). The second kappa shape index (κ2) is 8.21. The Labute approximate surface area is 169 Å². The Hall–Kier alpha value is -2.22. The quantitative estimate of drug-likeness (QED) is 0.664. The number of carbonyl (C=O) groups is 2. The number of fused-ring (bicyclic) bond motifs is 1. The summed E-state index contributed by atoms with van der Waals surface area (Å²) in [5.41, 5.74) is 8.12. The van der Waals surface area contributed by atoms with Gasteiger partial charge in [-0.1, -0.05) is 45.7 Å². The van der Waals surface area contributed by atoms with Crippen LogP contribution in [0.5, 0.6) is 0 Å². The summed E-state index contributed by atoms with van der Waals surface area (Å²) in [4.78, 5) is 28.9. The van der Waals surface area contributed by atoms with Gasteiger partial charge in [-0.05, 0) is 24.3 Å². The number of Topliss-reactive ketones (excluding diaryl/α,β-unsaturated/α-hetero) is 1. The van der Waals surface area contributed by atoms with Crippen LogP contribution in [0.3, 0.4) is 0 Å². The van der Waals surface area contributed by atoms with Gasteiger partial charge in [0, 0.05) is 32.9 Å². The third-order valence-electron chi connectivity index (χ3n) is 4.37. The Morgan fingerprint density at radius 1 is 1.33 bits per heavy atom. The van der Waals surface area contributed by atoms with Crippen molar-refractivity contribution in [2.24, 2.45) is 16.6 Å². The number of benzene rings is 2. The predicted octanol–water partition coefficient (Wildman–Crippen LogP) is 2.96. The van der Waals surface area contributed by atoms with Gasteiger partial charge in [-0.25, -0.2) is 0 Å². The Bertz CT molecular complexity index is 932. The summed E-state index contributed by atoms with van der Waals surface area (Å²) in [7, 11) is 0. The van der Waals surface area contributed by atoms with Crippen LogP contribution in [0.25, 0.3) is 0 Å². The van der Waals surface area contributed by atoms with Crippen LogP contribution in [0.1, 0.15) is 11.1 Å². The SMILES string of the molecule is NCC(C(=O)O)C1N=C(c2ccccc2Cl)c2cc(Br)ccc2NCC1=O. The average molecular weight is 451 g/mol. The van der Waals surface area contributed by atoms with Crippen molar-refractivity contribution in [3.63, 3.8) is 0 Å². The van der Waals surface area contributed by atoms with E-state index in [1.54, 1.807) is 18.2 Å². The molecule has 0 fully saturated rings. The molecule has 0 amide bonds. The van der Waals surface area contributed by atoms with E-state index in [0.717, 1.165) is 10.0 Å². The summed E-state index contributed by atoms with van der Waals surface area (Å²) < 4.78 is 0.819. The highest BCUT2D eigenvalue weighted by Crippen LogP contribution is 2.30. The number of nitrogens with zero attached hydrogens (tertiary/aromatic N) is 1. The van der Waals surface area contributed by atoms with Crippen LogP contribution in [0.2, 0.25) is 5.02 Å². The fraction of sp³-hybridized carbons (Fsp3) is 0.211. The smallest absolute Gasteiger partial charge is 0.310 e. The maximum absolute atomic E-state index is 12.7. The summed E-state index contributed by atoms with van der Waals surface area (Å²) in [6, 6.07) is 11.5. The highest BCUT2D eigenvalue weighted by Gasteiger charge is 2.34. The van der Waals surface area contributed by atoms with Crippen LogP contribution >= 0.6 is 27.5 Å². The number of hydrogen-bond donors (Lipinski definition) is 3. The largest absolute Gasteiger partial charge is 0.481 e. The van der Waals surface area contributed by atoms with Crippen LogP contribution in [0.15, 0.2) is 51.9 Å². The minimum absolute atomic E-state index is 0.0393. The number of nitrogens with two attached hydrogens (primary N) is 1. The highest BCUT2D eigenvalue weighted by atomic mass is 79.9. The lowest BCUT2D eigenvalue weighted by molar-refractivity contribution is -0.143. The second-order valence-corrected chi connectivity index (χ2v) is 7.42. The lowest BCUT2D eigenvalue weighted by Crippen LogP contribution is -2.42. The van der Waals surface area contributed by atoms with E-state index >= 15 is 0 Å². The standard InChI is InChI=1S/C19H17BrClN3O3/c20-10-5-6-15-12(7-10)17(11-3-1-2-4-14(11)21)24-18(16(25)9-23-15)13(8-22)19(26)27/h1-7,13,18,23H,8-9,22H2,(H,26,27). The average Bonchev–Trinajstić information content (AvgIpc) is 2.63.